The van der Waals surface area contributed by atoms with E-state index < -0.39 is 35.0 Å². The van der Waals surface area contributed by atoms with E-state index in [0.717, 1.165) is 0 Å². The summed E-state index contributed by atoms with van der Waals surface area (Å²) >= 11 is 0. The number of rotatable bonds is 0. The molecule has 0 aliphatic heterocycles. The van der Waals surface area contributed by atoms with Gasteiger partial charge in [-0.05, 0) is 12.1 Å². The number of hydrogen-bond acceptors (Lipinski definition) is 1. The fourth-order valence-electron chi connectivity index (χ4n) is 1.09. The number of hydrogen-bond donors (Lipinski definition) is 1. The predicted molar refractivity (Wildman–Crippen MR) is 40.8 cm³/mol. The van der Waals surface area contributed by atoms with Crippen LogP contribution in [0.15, 0.2) is 12.1 Å². The first-order chi connectivity index (χ1) is 7.03. The van der Waals surface area contributed by atoms with Crippen LogP contribution < -0.4 is 5.73 Å². The van der Waals surface area contributed by atoms with Gasteiger partial charge in [-0.1, -0.05) is 0 Å². The Morgan fingerprint density at radius 1 is 0.875 bits per heavy atom. The summed E-state index contributed by atoms with van der Waals surface area (Å²) in [6.07, 6.45) is -10.1. The molecule has 0 amide bonds. The van der Waals surface area contributed by atoms with Gasteiger partial charge in [0.25, 0.3) is 0 Å². The molecule has 0 aromatic heterocycles. The fourth-order valence-corrected chi connectivity index (χ4v) is 1.09. The van der Waals surface area contributed by atoms with Crippen molar-refractivity contribution >= 4 is 5.69 Å². The van der Waals surface area contributed by atoms with E-state index >= 15 is 0 Å². The van der Waals surface area contributed by atoms with Crippen molar-refractivity contribution in [2.45, 2.75) is 12.4 Å². The van der Waals surface area contributed by atoms with E-state index in [1.165, 1.54) is 0 Å². The van der Waals surface area contributed by atoms with Gasteiger partial charge in [0.2, 0.25) is 0 Å². The first kappa shape index (κ1) is 12.6. The molecule has 0 atom stereocenters. The second-order valence-electron chi connectivity index (χ2n) is 2.92. The lowest BCUT2D eigenvalue weighted by Gasteiger charge is -2.14. The lowest BCUT2D eigenvalue weighted by atomic mass is 10.1. The molecular formula is C8H4F7N. The molecule has 8 heteroatoms. The zero-order valence-electron chi connectivity index (χ0n) is 7.38. The third-order valence-electron chi connectivity index (χ3n) is 1.73. The summed E-state index contributed by atoms with van der Waals surface area (Å²) in [7, 11) is 0. The molecule has 0 fully saturated rings. The van der Waals surface area contributed by atoms with Crippen LogP contribution in [0.5, 0.6) is 0 Å². The Labute approximate surface area is 84.7 Å². The van der Waals surface area contributed by atoms with Gasteiger partial charge in [0.15, 0.2) is 0 Å². The van der Waals surface area contributed by atoms with Crippen LogP contribution in [0.1, 0.15) is 11.1 Å². The average molecular weight is 247 g/mol. The van der Waals surface area contributed by atoms with Crippen LogP contribution in [0.3, 0.4) is 0 Å². The molecule has 0 spiro atoms. The minimum Gasteiger partial charge on any atom is -0.398 e. The van der Waals surface area contributed by atoms with Gasteiger partial charge < -0.3 is 5.73 Å². The van der Waals surface area contributed by atoms with Gasteiger partial charge in [-0.2, -0.15) is 26.3 Å². The molecule has 90 valence electrons. The second-order valence-corrected chi connectivity index (χ2v) is 2.92. The van der Waals surface area contributed by atoms with Gasteiger partial charge in [0.1, 0.15) is 11.4 Å². The van der Waals surface area contributed by atoms with Crippen LogP contribution in [-0.2, 0) is 12.4 Å². The van der Waals surface area contributed by atoms with Crippen molar-refractivity contribution in [2.75, 3.05) is 5.73 Å². The zero-order chi connectivity index (χ0) is 12.7. The third kappa shape index (κ3) is 2.37. The highest BCUT2D eigenvalue weighted by molar-refractivity contribution is 5.52. The summed E-state index contributed by atoms with van der Waals surface area (Å²) in [5, 5.41) is 0. The first-order valence-corrected chi connectivity index (χ1v) is 3.77. The van der Waals surface area contributed by atoms with Crippen LogP contribution in [-0.4, -0.2) is 0 Å². The fraction of sp³-hybridized carbons (Fsp3) is 0.250. The average Bonchev–Trinajstić information content (AvgIpc) is 1.97. The van der Waals surface area contributed by atoms with E-state index in [4.69, 9.17) is 5.73 Å². The van der Waals surface area contributed by atoms with E-state index in [-0.39, 0.29) is 12.1 Å². The van der Waals surface area contributed by atoms with Gasteiger partial charge in [0, 0.05) is 5.69 Å². The van der Waals surface area contributed by atoms with Crippen molar-refractivity contribution in [2.24, 2.45) is 0 Å². The minimum atomic E-state index is -5.13. The standard InChI is InChI=1S/C8H4F7N/c9-4-1-3(7(10,11)12)2-5(16)6(4)8(13,14)15/h1-2H,16H2. The van der Waals surface area contributed by atoms with Gasteiger partial charge in [-0.25, -0.2) is 4.39 Å². The first-order valence-electron chi connectivity index (χ1n) is 3.77. The number of nitrogens with two attached hydrogens (primary N) is 1. The smallest absolute Gasteiger partial charge is 0.398 e. The van der Waals surface area contributed by atoms with Crippen LogP contribution in [0.2, 0.25) is 0 Å². The number of halogens is 7. The molecule has 0 aliphatic carbocycles. The van der Waals surface area contributed by atoms with Crippen LogP contribution in [0.25, 0.3) is 0 Å². The maximum absolute atomic E-state index is 12.8. The van der Waals surface area contributed by atoms with E-state index in [0.29, 0.717) is 0 Å². The van der Waals surface area contributed by atoms with Gasteiger partial charge in [-0.15, -0.1) is 0 Å². The molecule has 0 bridgehead atoms. The predicted octanol–water partition coefficient (Wildman–Crippen LogP) is 3.45. The van der Waals surface area contributed by atoms with E-state index in [9.17, 15) is 30.7 Å². The molecule has 0 radical (unpaired) electrons. The Morgan fingerprint density at radius 3 is 1.69 bits per heavy atom. The molecule has 1 rings (SSSR count). The monoisotopic (exact) mass is 247 g/mol. The Morgan fingerprint density at radius 2 is 1.38 bits per heavy atom. The summed E-state index contributed by atoms with van der Waals surface area (Å²) in [6, 6.07) is -0.189. The van der Waals surface area contributed by atoms with Gasteiger partial charge in [0.05, 0.1) is 5.56 Å². The SMILES string of the molecule is Nc1cc(C(F)(F)F)cc(F)c1C(F)(F)F. The normalized spacial score (nSPS) is 12.9. The molecule has 16 heavy (non-hydrogen) atoms. The Hall–Kier alpha value is -1.47. The maximum Gasteiger partial charge on any atom is 0.421 e. The highest BCUT2D eigenvalue weighted by Gasteiger charge is 2.39. The highest BCUT2D eigenvalue weighted by atomic mass is 19.4. The topological polar surface area (TPSA) is 26.0 Å². The quantitative estimate of drug-likeness (QED) is 0.551. The van der Waals surface area contributed by atoms with Crippen LogP contribution in [0, 0.1) is 5.82 Å². The van der Waals surface area contributed by atoms with Crippen molar-refractivity contribution in [3.05, 3.63) is 29.1 Å². The lowest BCUT2D eigenvalue weighted by Crippen LogP contribution is -2.15. The molecule has 0 saturated heterocycles. The molecular weight excluding hydrogens is 243 g/mol. The molecule has 1 aromatic carbocycles. The number of alkyl halides is 6. The molecule has 0 aliphatic rings. The van der Waals surface area contributed by atoms with E-state index in [1.807, 2.05) is 0 Å². The third-order valence-corrected chi connectivity index (χ3v) is 1.73. The van der Waals surface area contributed by atoms with Crippen molar-refractivity contribution in [3.8, 4) is 0 Å². The molecule has 0 heterocycles. The largest absolute Gasteiger partial charge is 0.421 e. The Kier molecular flexibility index (Phi) is 2.78. The minimum absolute atomic E-state index is 0.0475. The zero-order valence-corrected chi connectivity index (χ0v) is 7.38. The summed E-state index contributed by atoms with van der Waals surface area (Å²) in [6.45, 7) is 0. The van der Waals surface area contributed by atoms with Gasteiger partial charge in [-0.3, -0.25) is 0 Å². The summed E-state index contributed by atoms with van der Waals surface area (Å²) in [5.41, 5.74) is 0.00505. The molecule has 2 N–H and O–H groups in total. The molecule has 1 aromatic rings. The van der Waals surface area contributed by atoms with Gasteiger partial charge >= 0.3 is 12.4 Å². The summed E-state index contributed by atoms with van der Waals surface area (Å²) in [5.74, 6) is -2.04. The van der Waals surface area contributed by atoms with Crippen LogP contribution in [0.4, 0.5) is 36.4 Å². The molecule has 1 nitrogen and oxygen atoms in total. The molecule has 0 saturated carbocycles. The number of anilines is 1. The number of nitrogen functional groups attached to an aromatic ring is 1. The summed E-state index contributed by atoms with van der Waals surface area (Å²) in [4.78, 5) is 0. The summed E-state index contributed by atoms with van der Waals surface area (Å²) < 4.78 is 85.5. The Bertz CT molecular complexity index is 381. The van der Waals surface area contributed by atoms with Crippen LogP contribution >= 0.6 is 0 Å². The molecule has 0 unspecified atom stereocenters. The van der Waals surface area contributed by atoms with Crippen molar-refractivity contribution in [3.63, 3.8) is 0 Å². The van der Waals surface area contributed by atoms with Crippen molar-refractivity contribution in [1.29, 1.82) is 0 Å². The lowest BCUT2D eigenvalue weighted by molar-refractivity contribution is -0.142. The highest BCUT2D eigenvalue weighted by Crippen LogP contribution is 2.39. The van der Waals surface area contributed by atoms with E-state index in [1.54, 1.807) is 0 Å². The number of benzene rings is 1. The van der Waals surface area contributed by atoms with E-state index in [2.05, 4.69) is 0 Å². The maximum atomic E-state index is 12.8. The van der Waals surface area contributed by atoms with Crippen molar-refractivity contribution < 1.29 is 30.7 Å². The Balaban J connectivity index is 3.41. The second kappa shape index (κ2) is 3.53. The van der Waals surface area contributed by atoms with Crippen molar-refractivity contribution in [1.82, 2.24) is 0 Å².